The van der Waals surface area contributed by atoms with E-state index in [1.165, 1.54) is 31.4 Å². The van der Waals surface area contributed by atoms with Crippen LogP contribution in [-0.2, 0) is 4.74 Å². The van der Waals surface area contributed by atoms with E-state index in [0.717, 1.165) is 0 Å². The molecule has 0 spiro atoms. The molecule has 0 aliphatic heterocycles. The van der Waals surface area contributed by atoms with Crippen LogP contribution in [0.15, 0.2) is 28.8 Å². The van der Waals surface area contributed by atoms with Gasteiger partial charge in [-0.1, -0.05) is 5.16 Å². The maximum absolute atomic E-state index is 12.0. The molecule has 0 amide bonds. The maximum Gasteiger partial charge on any atom is 0.387 e. The fourth-order valence-corrected chi connectivity index (χ4v) is 1.54. The summed E-state index contributed by atoms with van der Waals surface area (Å²) in [5, 5.41) is 3.74. The number of nitrogens with two attached hydrogens (primary N) is 1. The highest BCUT2D eigenvalue weighted by atomic mass is 19.3. The Morgan fingerprint density at radius 3 is 2.60 bits per heavy atom. The van der Waals surface area contributed by atoms with E-state index in [1.54, 1.807) is 0 Å². The van der Waals surface area contributed by atoms with Gasteiger partial charge in [0.25, 0.3) is 5.89 Å². The zero-order chi connectivity index (χ0) is 14.5. The molecular weight excluding hydrogens is 272 g/mol. The summed E-state index contributed by atoms with van der Waals surface area (Å²) in [6.07, 6.45) is 0. The summed E-state index contributed by atoms with van der Waals surface area (Å²) in [6, 6.07) is 5.37. The number of halogens is 2. The average Bonchev–Trinajstić information content (AvgIpc) is 2.89. The number of hydrogen-bond donors (Lipinski definition) is 1. The Morgan fingerprint density at radius 2 is 2.00 bits per heavy atom. The summed E-state index contributed by atoms with van der Waals surface area (Å²) in [5.74, 6) is 0.615. The summed E-state index contributed by atoms with van der Waals surface area (Å²) in [6.45, 7) is -2.59. The van der Waals surface area contributed by atoms with E-state index in [9.17, 15) is 8.78 Å². The van der Waals surface area contributed by atoms with Crippen LogP contribution in [0.2, 0.25) is 0 Å². The van der Waals surface area contributed by atoms with Crippen LogP contribution in [0, 0.1) is 0 Å². The Morgan fingerprint density at radius 1 is 1.30 bits per heavy atom. The van der Waals surface area contributed by atoms with Gasteiger partial charge in [-0.3, -0.25) is 0 Å². The lowest BCUT2D eigenvalue weighted by Crippen LogP contribution is -2.17. The second kappa shape index (κ2) is 6.40. The van der Waals surface area contributed by atoms with Crippen LogP contribution in [-0.4, -0.2) is 30.5 Å². The molecule has 108 valence electrons. The van der Waals surface area contributed by atoms with E-state index in [2.05, 4.69) is 14.9 Å². The molecule has 0 aliphatic rings. The molecule has 1 heterocycles. The third-order valence-corrected chi connectivity index (χ3v) is 2.45. The van der Waals surface area contributed by atoms with E-state index in [4.69, 9.17) is 15.0 Å². The Balaban J connectivity index is 2.11. The molecule has 0 saturated carbocycles. The third-order valence-electron chi connectivity index (χ3n) is 2.45. The fourth-order valence-electron chi connectivity index (χ4n) is 1.54. The predicted octanol–water partition coefficient (Wildman–Crippen LogP) is 1.98. The van der Waals surface area contributed by atoms with Crippen molar-refractivity contribution in [3.05, 3.63) is 30.1 Å². The number of ether oxygens (including phenoxy) is 2. The van der Waals surface area contributed by atoms with E-state index in [-0.39, 0.29) is 18.2 Å². The van der Waals surface area contributed by atoms with Crippen LogP contribution in [0.4, 0.5) is 8.78 Å². The average molecular weight is 285 g/mol. The Labute approximate surface area is 113 Å². The minimum Gasteiger partial charge on any atom is -0.435 e. The van der Waals surface area contributed by atoms with E-state index in [0.29, 0.717) is 11.4 Å². The Bertz CT molecular complexity index is 545. The minimum absolute atomic E-state index is 0.0552. The van der Waals surface area contributed by atoms with Gasteiger partial charge in [-0.05, 0) is 24.3 Å². The number of hydrogen-bond acceptors (Lipinski definition) is 6. The van der Waals surface area contributed by atoms with Crippen LogP contribution in [0.1, 0.15) is 11.9 Å². The van der Waals surface area contributed by atoms with Gasteiger partial charge in [0.15, 0.2) is 5.82 Å². The van der Waals surface area contributed by atoms with Gasteiger partial charge in [-0.25, -0.2) is 0 Å². The molecule has 8 heteroatoms. The zero-order valence-corrected chi connectivity index (χ0v) is 10.6. The predicted molar refractivity (Wildman–Crippen MR) is 65.2 cm³/mol. The maximum atomic E-state index is 12.0. The van der Waals surface area contributed by atoms with Crippen molar-refractivity contribution in [3.8, 4) is 17.2 Å². The molecule has 0 bridgehead atoms. The standard InChI is InChI=1S/C12H13F2N3O3/c1-18-6-9(15)10-16-11(20-17-10)7-2-4-8(5-3-7)19-12(13)14/h2-5,9,12H,6,15H2,1H3. The lowest BCUT2D eigenvalue weighted by atomic mass is 10.2. The van der Waals surface area contributed by atoms with Gasteiger partial charge in [0.05, 0.1) is 12.6 Å². The molecule has 2 rings (SSSR count). The molecule has 2 aromatic rings. The van der Waals surface area contributed by atoms with Crippen molar-refractivity contribution in [2.75, 3.05) is 13.7 Å². The number of methoxy groups -OCH3 is 1. The first-order valence-corrected chi connectivity index (χ1v) is 5.73. The lowest BCUT2D eigenvalue weighted by molar-refractivity contribution is -0.0498. The van der Waals surface area contributed by atoms with Crippen molar-refractivity contribution in [2.24, 2.45) is 5.73 Å². The number of rotatable bonds is 6. The van der Waals surface area contributed by atoms with Crippen LogP contribution >= 0.6 is 0 Å². The topological polar surface area (TPSA) is 83.4 Å². The molecule has 0 saturated heterocycles. The highest BCUT2D eigenvalue weighted by Gasteiger charge is 2.15. The van der Waals surface area contributed by atoms with Crippen molar-refractivity contribution in [1.29, 1.82) is 0 Å². The molecule has 1 atom stereocenters. The van der Waals surface area contributed by atoms with Crippen molar-refractivity contribution < 1.29 is 22.8 Å². The van der Waals surface area contributed by atoms with Crippen LogP contribution in [0.5, 0.6) is 5.75 Å². The van der Waals surface area contributed by atoms with Gasteiger partial charge in [0.2, 0.25) is 0 Å². The molecule has 1 unspecified atom stereocenters. The smallest absolute Gasteiger partial charge is 0.387 e. The Hall–Kier alpha value is -2.06. The summed E-state index contributed by atoms with van der Waals surface area (Å²) in [5.41, 5.74) is 6.34. The SMILES string of the molecule is COCC(N)c1noc(-c2ccc(OC(F)F)cc2)n1. The Kier molecular flexibility index (Phi) is 4.59. The van der Waals surface area contributed by atoms with E-state index < -0.39 is 12.7 Å². The zero-order valence-electron chi connectivity index (χ0n) is 10.6. The van der Waals surface area contributed by atoms with Gasteiger partial charge in [0, 0.05) is 12.7 Å². The van der Waals surface area contributed by atoms with Crippen LogP contribution in [0.25, 0.3) is 11.5 Å². The second-order valence-corrected chi connectivity index (χ2v) is 3.92. The first kappa shape index (κ1) is 14.4. The number of benzene rings is 1. The first-order valence-electron chi connectivity index (χ1n) is 5.73. The lowest BCUT2D eigenvalue weighted by Gasteiger charge is -2.04. The van der Waals surface area contributed by atoms with Gasteiger partial charge in [-0.15, -0.1) is 0 Å². The highest BCUT2D eigenvalue weighted by molar-refractivity contribution is 5.54. The minimum atomic E-state index is -2.86. The summed E-state index contributed by atoms with van der Waals surface area (Å²) in [4.78, 5) is 4.12. The van der Waals surface area contributed by atoms with Gasteiger partial charge >= 0.3 is 6.61 Å². The monoisotopic (exact) mass is 285 g/mol. The molecule has 1 aromatic heterocycles. The first-order chi connectivity index (χ1) is 9.60. The molecule has 0 fully saturated rings. The molecule has 0 aliphatic carbocycles. The largest absolute Gasteiger partial charge is 0.435 e. The fraction of sp³-hybridized carbons (Fsp3) is 0.333. The van der Waals surface area contributed by atoms with E-state index in [1.807, 2.05) is 0 Å². The molecule has 0 radical (unpaired) electrons. The van der Waals surface area contributed by atoms with Gasteiger partial charge in [0.1, 0.15) is 5.75 Å². The molecule has 6 nitrogen and oxygen atoms in total. The normalized spacial score (nSPS) is 12.7. The second-order valence-electron chi connectivity index (χ2n) is 3.92. The molecule has 20 heavy (non-hydrogen) atoms. The van der Waals surface area contributed by atoms with Crippen molar-refractivity contribution >= 4 is 0 Å². The molecular formula is C12H13F2N3O3. The number of nitrogens with zero attached hydrogens (tertiary/aromatic N) is 2. The number of aromatic nitrogens is 2. The number of alkyl halides is 2. The molecule has 2 N–H and O–H groups in total. The highest BCUT2D eigenvalue weighted by Crippen LogP contribution is 2.22. The quantitative estimate of drug-likeness (QED) is 0.873. The summed E-state index contributed by atoms with van der Waals surface area (Å²) in [7, 11) is 1.52. The summed E-state index contributed by atoms with van der Waals surface area (Å²) < 4.78 is 38.2. The van der Waals surface area contributed by atoms with Crippen molar-refractivity contribution in [1.82, 2.24) is 10.1 Å². The van der Waals surface area contributed by atoms with Gasteiger partial charge in [-0.2, -0.15) is 13.8 Å². The van der Waals surface area contributed by atoms with E-state index >= 15 is 0 Å². The third kappa shape index (κ3) is 3.49. The van der Waals surface area contributed by atoms with Crippen LogP contribution in [0.3, 0.4) is 0 Å². The molecule has 1 aromatic carbocycles. The van der Waals surface area contributed by atoms with Crippen molar-refractivity contribution in [3.63, 3.8) is 0 Å². The van der Waals surface area contributed by atoms with Crippen molar-refractivity contribution in [2.45, 2.75) is 12.7 Å². The van der Waals surface area contributed by atoms with Gasteiger partial charge < -0.3 is 19.7 Å². The summed E-state index contributed by atoms with van der Waals surface area (Å²) >= 11 is 0. The van der Waals surface area contributed by atoms with Crippen LogP contribution < -0.4 is 10.5 Å².